The number of rotatable bonds is 1. The second-order valence-electron chi connectivity index (χ2n) is 15.0. The number of amides is 2. The maximum Gasteiger partial charge on any atom is 0.282 e. The molecule has 260 valence electrons. The molecule has 1 saturated carbocycles. The molecule has 2 aromatic rings. The van der Waals surface area contributed by atoms with Gasteiger partial charge in [0.25, 0.3) is 11.8 Å². The first-order chi connectivity index (χ1) is 22.8. The molecule has 0 radical (unpaired) electrons. The second kappa shape index (κ2) is 12.4. The first kappa shape index (κ1) is 33.6. The van der Waals surface area contributed by atoms with Crippen LogP contribution in [0.15, 0.2) is 36.4 Å². The fourth-order valence-corrected chi connectivity index (χ4v) is 10.3. The number of benzene rings is 2. The number of sulfonamides is 1. The van der Waals surface area contributed by atoms with Crippen molar-refractivity contribution in [2.24, 2.45) is 23.7 Å². The van der Waals surface area contributed by atoms with E-state index in [0.29, 0.717) is 55.4 Å². The molecule has 4 unspecified atom stereocenters. The van der Waals surface area contributed by atoms with Crippen LogP contribution in [0.4, 0.5) is 14.5 Å². The average Bonchev–Trinajstić information content (AvgIpc) is 3.16. The average molecular weight is 704 g/mol. The van der Waals surface area contributed by atoms with Gasteiger partial charge < -0.3 is 14.5 Å². The van der Waals surface area contributed by atoms with E-state index in [9.17, 15) is 26.8 Å². The van der Waals surface area contributed by atoms with Gasteiger partial charge in [0, 0.05) is 35.0 Å². The summed E-state index contributed by atoms with van der Waals surface area (Å²) >= 11 is 6.41. The summed E-state index contributed by atoms with van der Waals surface area (Å²) in [5, 5.41) is -0.162. The van der Waals surface area contributed by atoms with Crippen LogP contribution in [-0.2, 0) is 26.7 Å². The minimum Gasteiger partial charge on any atom is -0.490 e. The molecule has 2 fully saturated rings. The predicted molar refractivity (Wildman–Crippen MR) is 180 cm³/mol. The second-order valence-corrected chi connectivity index (χ2v) is 17.5. The van der Waals surface area contributed by atoms with Gasteiger partial charge in [0.1, 0.15) is 5.75 Å². The molecule has 1 spiro atoms. The number of fused-ring (bicyclic) bond motifs is 4. The van der Waals surface area contributed by atoms with Gasteiger partial charge in [-0.05, 0) is 111 Å². The molecule has 2 aliphatic carbocycles. The number of hydrogen-bond acceptors (Lipinski definition) is 6. The lowest BCUT2D eigenvalue weighted by Crippen LogP contribution is -2.61. The summed E-state index contributed by atoms with van der Waals surface area (Å²) in [6, 6.07) is 11.1. The largest absolute Gasteiger partial charge is 0.490 e. The van der Waals surface area contributed by atoms with E-state index in [2.05, 4.69) is 15.7 Å². The highest BCUT2D eigenvalue weighted by molar-refractivity contribution is 7.90. The third kappa shape index (κ3) is 6.18. The van der Waals surface area contributed by atoms with Crippen LogP contribution in [0, 0.1) is 23.7 Å². The fourth-order valence-electron chi connectivity index (χ4n) is 8.79. The molecule has 2 aromatic carbocycles. The number of hydrogen-bond donors (Lipinski definition) is 1. The number of alkyl halides is 2. The van der Waals surface area contributed by atoms with Crippen LogP contribution in [0.25, 0.3) is 0 Å². The van der Waals surface area contributed by atoms with Crippen molar-refractivity contribution in [1.29, 1.82) is 0 Å². The van der Waals surface area contributed by atoms with E-state index in [1.54, 1.807) is 25.1 Å². The van der Waals surface area contributed by atoms with Gasteiger partial charge in [-0.25, -0.2) is 21.9 Å². The van der Waals surface area contributed by atoms with Crippen LogP contribution in [0.5, 0.6) is 5.75 Å². The smallest absolute Gasteiger partial charge is 0.282 e. The minimum absolute atomic E-state index is 0.0172. The lowest BCUT2D eigenvalue weighted by atomic mass is 9.64. The number of nitrogens with one attached hydrogen (secondary N) is 1. The molecule has 12 heteroatoms. The van der Waals surface area contributed by atoms with E-state index >= 15 is 0 Å². The van der Waals surface area contributed by atoms with Crippen molar-refractivity contribution >= 4 is 39.1 Å². The monoisotopic (exact) mass is 703 g/mol. The molecule has 5 aliphatic rings. The summed E-state index contributed by atoms with van der Waals surface area (Å²) in [6.07, 6.45) is 6.14. The Labute approximate surface area is 286 Å². The lowest BCUT2D eigenvalue weighted by Gasteiger charge is -2.48. The van der Waals surface area contributed by atoms with Gasteiger partial charge in [-0.15, -0.1) is 0 Å². The lowest BCUT2D eigenvalue weighted by molar-refractivity contribution is -0.173. The Hall–Kier alpha value is -2.92. The summed E-state index contributed by atoms with van der Waals surface area (Å²) in [5.74, 6) is -3.67. The van der Waals surface area contributed by atoms with E-state index in [0.717, 1.165) is 32.1 Å². The Balaban J connectivity index is 1.28. The minimum atomic E-state index is -4.01. The zero-order valence-corrected chi connectivity index (χ0v) is 29.1. The molecule has 3 aliphatic heterocycles. The Morgan fingerprint density at radius 2 is 1.81 bits per heavy atom. The first-order valence-corrected chi connectivity index (χ1v) is 19.2. The number of nitrogens with zero attached hydrogens (tertiary/aromatic N) is 2. The SMILES string of the molecule is CC1CCC[C@@H](C(=O)N2CC(F)(F)C2)C2CCC2CN2C[C@@]3(CCCc4cc(Cl)ccc43)COc3ccc(cc32)C(=O)NS(=O)(=O)C1C. The molecule has 1 N–H and O–H groups in total. The predicted octanol–water partition coefficient (Wildman–Crippen LogP) is 6.20. The van der Waals surface area contributed by atoms with Gasteiger partial charge >= 0.3 is 0 Å². The summed E-state index contributed by atoms with van der Waals surface area (Å²) in [6.45, 7) is 3.97. The van der Waals surface area contributed by atoms with Gasteiger partial charge in [0.15, 0.2) is 0 Å². The van der Waals surface area contributed by atoms with E-state index < -0.39 is 46.1 Å². The van der Waals surface area contributed by atoms with Gasteiger partial charge in [-0.2, -0.15) is 0 Å². The first-order valence-electron chi connectivity index (χ1n) is 17.3. The molecule has 8 nitrogen and oxygen atoms in total. The number of likely N-dealkylation sites (tertiary alicyclic amines) is 1. The highest BCUT2D eigenvalue weighted by Gasteiger charge is 2.51. The van der Waals surface area contributed by atoms with Gasteiger partial charge in [0.2, 0.25) is 15.9 Å². The number of carbonyl (C=O) groups is 2. The normalized spacial score (nSPS) is 32.8. The third-order valence-corrected chi connectivity index (χ3v) is 14.1. The van der Waals surface area contributed by atoms with Crippen molar-refractivity contribution in [3.8, 4) is 5.75 Å². The molecule has 0 aromatic heterocycles. The summed E-state index contributed by atoms with van der Waals surface area (Å²) in [7, 11) is -4.01. The highest BCUT2D eigenvalue weighted by atomic mass is 35.5. The van der Waals surface area contributed by atoms with Crippen molar-refractivity contribution in [1.82, 2.24) is 9.62 Å². The van der Waals surface area contributed by atoms with E-state index in [1.165, 1.54) is 16.0 Å². The molecular formula is C36H44ClF2N3O5S. The molecule has 2 bridgehead atoms. The zero-order chi connectivity index (χ0) is 34.0. The molecule has 48 heavy (non-hydrogen) atoms. The van der Waals surface area contributed by atoms with Crippen LogP contribution < -0.4 is 14.4 Å². The quantitative estimate of drug-likeness (QED) is 0.380. The van der Waals surface area contributed by atoms with Crippen LogP contribution in [0.3, 0.4) is 0 Å². The maximum atomic E-state index is 13.9. The summed E-state index contributed by atoms with van der Waals surface area (Å²) < 4.78 is 63.4. The summed E-state index contributed by atoms with van der Waals surface area (Å²) in [5.41, 5.74) is 2.98. The topological polar surface area (TPSA) is 96.0 Å². The molecular weight excluding hydrogens is 660 g/mol. The van der Waals surface area contributed by atoms with E-state index in [4.69, 9.17) is 16.3 Å². The van der Waals surface area contributed by atoms with Gasteiger partial charge in [-0.1, -0.05) is 31.0 Å². The van der Waals surface area contributed by atoms with Gasteiger partial charge in [0.05, 0.1) is 30.6 Å². The summed E-state index contributed by atoms with van der Waals surface area (Å²) in [4.78, 5) is 30.8. The third-order valence-electron chi connectivity index (χ3n) is 11.9. The van der Waals surface area contributed by atoms with Crippen molar-refractivity contribution < 1.29 is 31.5 Å². The van der Waals surface area contributed by atoms with Crippen LogP contribution in [0.2, 0.25) is 5.02 Å². The van der Waals surface area contributed by atoms with Gasteiger partial charge in [-0.3, -0.25) is 9.59 Å². The van der Waals surface area contributed by atoms with Crippen molar-refractivity contribution in [2.75, 3.05) is 37.7 Å². The number of ether oxygens (including phenoxy) is 1. The fraction of sp³-hybridized carbons (Fsp3) is 0.611. The van der Waals surface area contributed by atoms with E-state index in [1.807, 2.05) is 19.1 Å². The molecule has 6 atom stereocenters. The van der Waals surface area contributed by atoms with E-state index in [-0.39, 0.29) is 34.6 Å². The maximum absolute atomic E-state index is 13.9. The number of aryl methyl sites for hydroxylation is 1. The van der Waals surface area contributed by atoms with Crippen LogP contribution in [0.1, 0.15) is 80.3 Å². The molecule has 1 saturated heterocycles. The molecule has 2 amide bonds. The zero-order valence-electron chi connectivity index (χ0n) is 27.5. The standard InChI is InChI=1S/C36H44ClF2N3O5S/c1-22-5-3-7-29(34(44)42-19-36(38,39)20-42)28-11-8-26(28)17-41-18-35(14-4-6-24-15-27(37)10-12-30(24)35)21-47-32-13-9-25(16-31(32)41)33(43)40-48(45,46)23(22)2/h9-10,12-13,15-16,22-23,26,28-29H,3-8,11,14,17-21H2,1-2H3,(H,40,43)/t22?,23?,26?,28?,29-,35+/m1/s1. The van der Waals surface area contributed by atoms with Crippen molar-refractivity contribution in [3.05, 3.63) is 58.1 Å². The van der Waals surface area contributed by atoms with Crippen LogP contribution in [-0.4, -0.2) is 69.1 Å². The van der Waals surface area contributed by atoms with Crippen molar-refractivity contribution in [2.45, 2.75) is 81.8 Å². The highest BCUT2D eigenvalue weighted by Crippen LogP contribution is 2.48. The molecule has 3 heterocycles. The van der Waals surface area contributed by atoms with Crippen molar-refractivity contribution in [3.63, 3.8) is 0 Å². The Morgan fingerprint density at radius 3 is 2.54 bits per heavy atom. The Bertz CT molecular complexity index is 1710. The number of carbonyl (C=O) groups excluding carboxylic acids is 2. The Kier molecular flexibility index (Phi) is 8.70. The number of anilines is 1. The molecule has 7 rings (SSSR count). The van der Waals surface area contributed by atoms with Crippen LogP contribution >= 0.6 is 11.6 Å². The number of halogens is 3. The Morgan fingerprint density at radius 1 is 1.02 bits per heavy atom.